The number of halogens is 3. The van der Waals surface area contributed by atoms with Crippen LogP contribution >= 0.6 is 0 Å². The van der Waals surface area contributed by atoms with Gasteiger partial charge in [-0.1, -0.05) is 12.1 Å². The molecule has 2 N–H and O–H groups in total. The van der Waals surface area contributed by atoms with Crippen LogP contribution in [0.3, 0.4) is 0 Å². The Bertz CT molecular complexity index is 659. The number of aromatic hydroxyl groups is 1. The summed E-state index contributed by atoms with van der Waals surface area (Å²) in [4.78, 5) is 11.7. The van der Waals surface area contributed by atoms with Gasteiger partial charge in [-0.2, -0.15) is 0 Å². The fraction of sp³-hybridized carbons (Fsp3) is 0.0714. The van der Waals surface area contributed by atoms with Gasteiger partial charge in [0.25, 0.3) is 0 Å². The van der Waals surface area contributed by atoms with Gasteiger partial charge in [0.15, 0.2) is 11.6 Å². The predicted molar refractivity (Wildman–Crippen MR) is 66.8 cm³/mol. The van der Waals surface area contributed by atoms with Gasteiger partial charge in [-0.25, -0.2) is 13.2 Å². The number of nitrogens with one attached hydrogen (secondary N) is 1. The van der Waals surface area contributed by atoms with E-state index in [0.29, 0.717) is 17.7 Å². The molecule has 0 aliphatic heterocycles. The number of rotatable bonds is 3. The first-order chi connectivity index (χ1) is 9.45. The van der Waals surface area contributed by atoms with E-state index in [0.717, 1.165) is 0 Å². The van der Waals surface area contributed by atoms with Gasteiger partial charge in [0, 0.05) is 12.1 Å². The maximum Gasteiger partial charge on any atom is 0.228 e. The molecule has 1 amide bonds. The Kier molecular flexibility index (Phi) is 3.93. The predicted octanol–water partition coefficient (Wildman–Crippen LogP) is 2.99. The third-order valence-electron chi connectivity index (χ3n) is 2.56. The Hall–Kier alpha value is -2.50. The largest absolute Gasteiger partial charge is 0.508 e. The molecule has 3 nitrogen and oxygen atoms in total. The number of phenols is 1. The summed E-state index contributed by atoms with van der Waals surface area (Å²) < 4.78 is 39.0. The van der Waals surface area contributed by atoms with Crippen LogP contribution in [0.5, 0.6) is 5.75 Å². The Morgan fingerprint density at radius 2 is 1.75 bits per heavy atom. The van der Waals surface area contributed by atoms with Gasteiger partial charge in [0.2, 0.25) is 5.91 Å². The summed E-state index contributed by atoms with van der Waals surface area (Å²) in [7, 11) is 0. The van der Waals surface area contributed by atoms with Crippen LogP contribution in [0.15, 0.2) is 36.4 Å². The zero-order valence-electron chi connectivity index (χ0n) is 10.2. The van der Waals surface area contributed by atoms with Crippen LogP contribution in [0.1, 0.15) is 5.56 Å². The molecular formula is C14H10F3NO2. The summed E-state index contributed by atoms with van der Waals surface area (Å²) in [6, 6.07) is 6.90. The van der Waals surface area contributed by atoms with Gasteiger partial charge in [-0.15, -0.1) is 0 Å². The van der Waals surface area contributed by atoms with Gasteiger partial charge in [0.05, 0.1) is 12.1 Å². The highest BCUT2D eigenvalue weighted by Crippen LogP contribution is 2.19. The monoisotopic (exact) mass is 281 g/mol. The van der Waals surface area contributed by atoms with Crippen molar-refractivity contribution in [3.05, 3.63) is 59.4 Å². The van der Waals surface area contributed by atoms with Crippen LogP contribution in [0.4, 0.5) is 18.9 Å². The van der Waals surface area contributed by atoms with E-state index in [2.05, 4.69) is 5.32 Å². The molecule has 20 heavy (non-hydrogen) atoms. The average molecular weight is 281 g/mol. The Labute approximate surface area is 112 Å². The first-order valence-electron chi connectivity index (χ1n) is 5.68. The van der Waals surface area contributed by atoms with Crippen molar-refractivity contribution in [3.8, 4) is 5.75 Å². The van der Waals surface area contributed by atoms with E-state index >= 15 is 0 Å². The number of phenolic OH excluding ortho intramolecular Hbond substituents is 1. The molecule has 0 heterocycles. The van der Waals surface area contributed by atoms with Crippen LogP contribution in [0, 0.1) is 17.5 Å². The summed E-state index contributed by atoms with van der Waals surface area (Å²) in [5.74, 6) is -4.25. The first kappa shape index (κ1) is 13.9. The minimum Gasteiger partial charge on any atom is -0.508 e. The highest BCUT2D eigenvalue weighted by molar-refractivity contribution is 5.92. The van der Waals surface area contributed by atoms with E-state index in [1.54, 1.807) is 12.1 Å². The lowest BCUT2D eigenvalue weighted by Gasteiger charge is -2.07. The SMILES string of the molecule is O=C(Cc1cccc(O)c1)Nc1cc(F)c(F)cc1F. The van der Waals surface area contributed by atoms with E-state index in [9.17, 15) is 23.1 Å². The summed E-state index contributed by atoms with van der Waals surface area (Å²) >= 11 is 0. The van der Waals surface area contributed by atoms with Crippen molar-refractivity contribution in [3.63, 3.8) is 0 Å². The molecule has 0 aliphatic carbocycles. The third kappa shape index (κ3) is 3.28. The van der Waals surface area contributed by atoms with E-state index in [-0.39, 0.29) is 12.2 Å². The molecule has 0 spiro atoms. The molecule has 104 valence electrons. The number of anilines is 1. The van der Waals surface area contributed by atoms with E-state index in [4.69, 9.17) is 0 Å². The van der Waals surface area contributed by atoms with Crippen molar-refractivity contribution < 1.29 is 23.1 Å². The molecule has 0 aromatic heterocycles. The van der Waals surface area contributed by atoms with Gasteiger partial charge in [-0.3, -0.25) is 4.79 Å². The van der Waals surface area contributed by atoms with Crippen molar-refractivity contribution in [2.45, 2.75) is 6.42 Å². The Morgan fingerprint density at radius 3 is 2.45 bits per heavy atom. The molecule has 2 aromatic carbocycles. The molecule has 0 bridgehead atoms. The summed E-state index contributed by atoms with van der Waals surface area (Å²) in [5, 5.41) is 11.4. The van der Waals surface area contributed by atoms with Crippen LogP contribution < -0.4 is 5.32 Å². The summed E-state index contributed by atoms with van der Waals surface area (Å²) in [6.07, 6.45) is -0.132. The fourth-order valence-corrected chi connectivity index (χ4v) is 1.66. The highest BCUT2D eigenvalue weighted by atomic mass is 19.2. The normalized spacial score (nSPS) is 10.3. The number of benzene rings is 2. The summed E-state index contributed by atoms with van der Waals surface area (Å²) in [6.45, 7) is 0. The zero-order chi connectivity index (χ0) is 14.7. The molecule has 0 saturated heterocycles. The molecule has 0 saturated carbocycles. The number of carbonyl (C=O) groups is 1. The lowest BCUT2D eigenvalue weighted by Crippen LogP contribution is -2.15. The van der Waals surface area contributed by atoms with Crippen molar-refractivity contribution in [2.24, 2.45) is 0 Å². The Balaban J connectivity index is 2.10. The zero-order valence-corrected chi connectivity index (χ0v) is 10.2. The van der Waals surface area contributed by atoms with Crippen LogP contribution in [0.25, 0.3) is 0 Å². The van der Waals surface area contributed by atoms with Crippen molar-refractivity contribution in [2.75, 3.05) is 5.32 Å². The lowest BCUT2D eigenvalue weighted by molar-refractivity contribution is -0.115. The molecule has 0 aliphatic rings. The first-order valence-corrected chi connectivity index (χ1v) is 5.68. The van der Waals surface area contributed by atoms with Crippen molar-refractivity contribution in [1.82, 2.24) is 0 Å². The number of amides is 1. The second kappa shape index (κ2) is 5.64. The molecule has 2 aromatic rings. The quantitative estimate of drug-likeness (QED) is 0.850. The van der Waals surface area contributed by atoms with Gasteiger partial charge < -0.3 is 10.4 Å². The number of carbonyl (C=O) groups excluding carboxylic acids is 1. The molecule has 6 heteroatoms. The van der Waals surface area contributed by atoms with E-state index in [1.165, 1.54) is 12.1 Å². The smallest absolute Gasteiger partial charge is 0.228 e. The molecule has 0 radical (unpaired) electrons. The average Bonchev–Trinajstić information content (AvgIpc) is 2.36. The third-order valence-corrected chi connectivity index (χ3v) is 2.56. The summed E-state index contributed by atoms with van der Waals surface area (Å²) in [5.41, 5.74) is 0.0690. The Morgan fingerprint density at radius 1 is 1.05 bits per heavy atom. The fourth-order valence-electron chi connectivity index (χ4n) is 1.66. The van der Waals surface area contributed by atoms with Crippen LogP contribution in [-0.2, 0) is 11.2 Å². The van der Waals surface area contributed by atoms with Gasteiger partial charge in [-0.05, 0) is 17.7 Å². The lowest BCUT2D eigenvalue weighted by atomic mass is 10.1. The second-order valence-electron chi connectivity index (χ2n) is 4.14. The molecular weight excluding hydrogens is 271 g/mol. The number of hydrogen-bond donors (Lipinski definition) is 2. The van der Waals surface area contributed by atoms with E-state index < -0.39 is 29.0 Å². The maximum atomic E-state index is 13.3. The van der Waals surface area contributed by atoms with Gasteiger partial charge in [0.1, 0.15) is 11.6 Å². The minimum atomic E-state index is -1.33. The van der Waals surface area contributed by atoms with Crippen LogP contribution in [-0.4, -0.2) is 11.0 Å². The van der Waals surface area contributed by atoms with E-state index in [1.807, 2.05) is 0 Å². The highest BCUT2D eigenvalue weighted by Gasteiger charge is 2.12. The minimum absolute atomic E-state index is 0.00527. The van der Waals surface area contributed by atoms with Crippen molar-refractivity contribution in [1.29, 1.82) is 0 Å². The molecule has 0 unspecified atom stereocenters. The van der Waals surface area contributed by atoms with Gasteiger partial charge >= 0.3 is 0 Å². The molecule has 2 rings (SSSR count). The maximum absolute atomic E-state index is 13.3. The molecule has 0 atom stereocenters. The van der Waals surface area contributed by atoms with Crippen molar-refractivity contribution >= 4 is 11.6 Å². The number of hydrogen-bond acceptors (Lipinski definition) is 2. The topological polar surface area (TPSA) is 49.3 Å². The standard InChI is InChI=1S/C14H10F3NO2/c15-10-6-12(17)13(7-11(10)16)18-14(20)5-8-2-1-3-9(19)4-8/h1-4,6-7,19H,5H2,(H,18,20). The van der Waals surface area contributed by atoms with Crippen LogP contribution in [0.2, 0.25) is 0 Å². The molecule has 0 fully saturated rings. The second-order valence-corrected chi connectivity index (χ2v) is 4.14.